The third-order valence-corrected chi connectivity index (χ3v) is 7.43. The smallest absolute Gasteiger partial charge is 0.411 e. The Morgan fingerprint density at radius 3 is 2.61 bits per heavy atom. The molecule has 1 aromatic rings. The average Bonchev–Trinajstić information content (AvgIpc) is 2.73. The molecule has 1 saturated heterocycles. The van der Waals surface area contributed by atoms with Gasteiger partial charge in [0, 0.05) is 15.8 Å². The molecule has 2 rings (SSSR count). The lowest BCUT2D eigenvalue weighted by atomic mass is 10.3. The number of sulfone groups is 1. The minimum absolute atomic E-state index is 0.0372. The molecule has 1 aliphatic rings. The average molecular weight is 378 g/mol. The van der Waals surface area contributed by atoms with Gasteiger partial charge in [-0.05, 0) is 30.7 Å². The molecular weight excluding hydrogens is 358 g/mol. The van der Waals surface area contributed by atoms with Crippen molar-refractivity contribution in [2.75, 3.05) is 23.4 Å². The maximum atomic E-state index is 11.6. The molecule has 0 radical (unpaired) electrons. The number of alkyl halides is 1. The van der Waals surface area contributed by atoms with Gasteiger partial charge in [-0.1, -0.05) is 13.3 Å². The van der Waals surface area contributed by atoms with Crippen LogP contribution in [0.1, 0.15) is 19.8 Å². The van der Waals surface area contributed by atoms with Crippen molar-refractivity contribution in [2.24, 2.45) is 0 Å². The van der Waals surface area contributed by atoms with Crippen LogP contribution in [-0.4, -0.2) is 43.3 Å². The van der Waals surface area contributed by atoms with Crippen molar-refractivity contribution in [3.63, 3.8) is 0 Å². The summed E-state index contributed by atoms with van der Waals surface area (Å²) in [6, 6.07) is 7.19. The number of unbranched alkanes of at least 4 members (excludes halogenated alkanes) is 1. The summed E-state index contributed by atoms with van der Waals surface area (Å²) in [4.78, 5) is 12.5. The van der Waals surface area contributed by atoms with Crippen molar-refractivity contribution >= 4 is 45.0 Å². The van der Waals surface area contributed by atoms with Gasteiger partial charge in [0.15, 0.2) is 9.84 Å². The van der Waals surface area contributed by atoms with Crippen LogP contribution in [0.2, 0.25) is 0 Å². The first-order valence-corrected chi connectivity index (χ1v) is 10.6. The summed E-state index contributed by atoms with van der Waals surface area (Å²) in [5, 5.41) is 2.15. The molecule has 1 N–H and O–H groups in total. The molecule has 0 saturated carbocycles. The van der Waals surface area contributed by atoms with E-state index in [1.54, 1.807) is 12.1 Å². The quantitative estimate of drug-likeness (QED) is 0.606. The van der Waals surface area contributed by atoms with Crippen LogP contribution in [-0.2, 0) is 14.6 Å². The maximum Gasteiger partial charge on any atom is 0.411 e. The Morgan fingerprint density at radius 1 is 1.35 bits per heavy atom. The van der Waals surface area contributed by atoms with E-state index in [0.717, 1.165) is 17.7 Å². The van der Waals surface area contributed by atoms with Gasteiger partial charge in [-0.3, -0.25) is 5.32 Å². The van der Waals surface area contributed by atoms with Crippen LogP contribution in [0.5, 0.6) is 0 Å². The van der Waals surface area contributed by atoms with Gasteiger partial charge in [0.05, 0.1) is 23.5 Å². The second-order valence-corrected chi connectivity index (χ2v) is 9.42. The standard InChI is InChI=1S/C15H20ClNO4S2/c1-2-3-8-21-15(18)17-11-4-6-12(7-5-11)22-14-10-23(19,20)9-13(14)16/h4-7,13-14H,2-3,8-10H2,1H3,(H,17,18)/t13-,14-/m0/s1. The molecule has 128 valence electrons. The maximum absolute atomic E-state index is 11.6. The van der Waals surface area contributed by atoms with Crippen LogP contribution in [0.4, 0.5) is 10.5 Å². The molecule has 0 aromatic heterocycles. The van der Waals surface area contributed by atoms with Gasteiger partial charge in [-0.15, -0.1) is 23.4 Å². The highest BCUT2D eigenvalue weighted by atomic mass is 35.5. The number of hydrogen-bond acceptors (Lipinski definition) is 5. The molecule has 0 spiro atoms. The van der Waals surface area contributed by atoms with E-state index in [-0.39, 0.29) is 22.1 Å². The number of thioether (sulfide) groups is 1. The Morgan fingerprint density at radius 2 is 2.04 bits per heavy atom. The lowest BCUT2D eigenvalue weighted by Gasteiger charge is -2.12. The zero-order valence-corrected chi connectivity index (χ0v) is 15.2. The number of hydrogen-bond donors (Lipinski definition) is 1. The summed E-state index contributed by atoms with van der Waals surface area (Å²) in [5.41, 5.74) is 0.636. The topological polar surface area (TPSA) is 72.5 Å². The number of carbonyl (C=O) groups is 1. The predicted molar refractivity (Wildman–Crippen MR) is 94.3 cm³/mol. The highest BCUT2D eigenvalue weighted by Gasteiger charge is 2.36. The third-order valence-electron chi connectivity index (χ3n) is 3.35. The number of benzene rings is 1. The Bertz CT molecular complexity index is 633. The summed E-state index contributed by atoms with van der Waals surface area (Å²) in [6.07, 6.45) is 1.34. The molecule has 1 fully saturated rings. The molecule has 1 amide bonds. The minimum Gasteiger partial charge on any atom is -0.449 e. The van der Waals surface area contributed by atoms with E-state index in [2.05, 4.69) is 5.32 Å². The van der Waals surface area contributed by atoms with E-state index in [1.807, 2.05) is 19.1 Å². The molecule has 2 atom stereocenters. The minimum atomic E-state index is -3.03. The molecule has 5 nitrogen and oxygen atoms in total. The Labute approximate surface area is 146 Å². The van der Waals surface area contributed by atoms with Crippen LogP contribution in [0, 0.1) is 0 Å². The van der Waals surface area contributed by atoms with Gasteiger partial charge >= 0.3 is 6.09 Å². The molecule has 1 aromatic carbocycles. The number of rotatable bonds is 6. The SMILES string of the molecule is CCCCOC(=O)Nc1ccc(S[C@H]2CS(=O)(=O)C[C@@H]2Cl)cc1. The first-order chi connectivity index (χ1) is 10.9. The molecule has 0 unspecified atom stereocenters. The highest BCUT2D eigenvalue weighted by molar-refractivity contribution is 8.02. The van der Waals surface area contributed by atoms with Crippen molar-refractivity contribution in [1.82, 2.24) is 0 Å². The summed E-state index contributed by atoms with van der Waals surface area (Å²) >= 11 is 7.55. The molecular formula is C15H20ClNO4S2. The monoisotopic (exact) mass is 377 g/mol. The van der Waals surface area contributed by atoms with E-state index in [4.69, 9.17) is 16.3 Å². The van der Waals surface area contributed by atoms with Gasteiger partial charge < -0.3 is 4.74 Å². The van der Waals surface area contributed by atoms with Crippen LogP contribution < -0.4 is 5.32 Å². The number of carbonyl (C=O) groups excluding carboxylic acids is 1. The first-order valence-electron chi connectivity index (χ1n) is 7.44. The summed E-state index contributed by atoms with van der Waals surface area (Å²) in [7, 11) is -3.03. The Kier molecular flexibility index (Phi) is 6.61. The highest BCUT2D eigenvalue weighted by Crippen LogP contribution is 2.34. The van der Waals surface area contributed by atoms with E-state index in [9.17, 15) is 13.2 Å². The van der Waals surface area contributed by atoms with Gasteiger partial charge in [0.1, 0.15) is 0 Å². The molecule has 8 heteroatoms. The predicted octanol–water partition coefficient (Wildman–Crippen LogP) is 3.53. The Balaban J connectivity index is 1.86. The third kappa shape index (κ3) is 5.90. The van der Waals surface area contributed by atoms with Crippen molar-refractivity contribution in [3.05, 3.63) is 24.3 Å². The molecule has 0 bridgehead atoms. The van der Waals surface area contributed by atoms with Crippen molar-refractivity contribution in [1.29, 1.82) is 0 Å². The summed E-state index contributed by atoms with van der Waals surface area (Å²) < 4.78 is 28.2. The van der Waals surface area contributed by atoms with Crippen LogP contribution >= 0.6 is 23.4 Å². The molecule has 0 aliphatic carbocycles. The molecule has 1 heterocycles. The summed E-state index contributed by atoms with van der Waals surface area (Å²) in [5.74, 6) is 0.144. The fourth-order valence-corrected chi connectivity index (χ4v) is 6.55. The molecule has 1 aliphatic heterocycles. The second kappa shape index (κ2) is 8.26. The second-order valence-electron chi connectivity index (χ2n) is 5.39. The van der Waals surface area contributed by atoms with Gasteiger partial charge in [-0.25, -0.2) is 13.2 Å². The fourth-order valence-electron chi connectivity index (χ4n) is 2.14. The van der Waals surface area contributed by atoms with E-state index in [0.29, 0.717) is 12.3 Å². The van der Waals surface area contributed by atoms with Gasteiger partial charge in [0.2, 0.25) is 0 Å². The molecule has 23 heavy (non-hydrogen) atoms. The van der Waals surface area contributed by atoms with Gasteiger partial charge in [0.25, 0.3) is 0 Å². The van der Waals surface area contributed by atoms with Crippen molar-refractivity contribution < 1.29 is 17.9 Å². The van der Waals surface area contributed by atoms with Crippen LogP contribution in [0.3, 0.4) is 0 Å². The lowest BCUT2D eigenvalue weighted by Crippen LogP contribution is -2.14. The normalized spacial score (nSPS) is 22.7. The van der Waals surface area contributed by atoms with Crippen LogP contribution in [0.25, 0.3) is 0 Å². The van der Waals surface area contributed by atoms with Crippen molar-refractivity contribution in [3.8, 4) is 0 Å². The first kappa shape index (κ1) is 18.4. The van der Waals surface area contributed by atoms with E-state index in [1.165, 1.54) is 11.8 Å². The number of halogens is 1. The van der Waals surface area contributed by atoms with E-state index < -0.39 is 15.9 Å². The number of nitrogens with one attached hydrogen (secondary N) is 1. The zero-order chi connectivity index (χ0) is 16.9. The zero-order valence-electron chi connectivity index (χ0n) is 12.8. The number of ether oxygens (including phenoxy) is 1. The van der Waals surface area contributed by atoms with Gasteiger partial charge in [-0.2, -0.15) is 0 Å². The Hall–Kier alpha value is -0.920. The van der Waals surface area contributed by atoms with Crippen molar-refractivity contribution in [2.45, 2.75) is 35.3 Å². The number of anilines is 1. The van der Waals surface area contributed by atoms with Crippen LogP contribution in [0.15, 0.2) is 29.2 Å². The fraction of sp³-hybridized carbons (Fsp3) is 0.533. The summed E-state index contributed by atoms with van der Waals surface area (Å²) in [6.45, 7) is 2.43. The number of amides is 1. The van der Waals surface area contributed by atoms with E-state index >= 15 is 0 Å². The lowest BCUT2D eigenvalue weighted by molar-refractivity contribution is 0.160. The largest absolute Gasteiger partial charge is 0.449 e.